The van der Waals surface area contributed by atoms with Crippen molar-refractivity contribution in [1.82, 2.24) is 40.1 Å². The van der Waals surface area contributed by atoms with Gasteiger partial charge in [0.2, 0.25) is 17.7 Å². The second-order valence-corrected chi connectivity index (χ2v) is 23.0. The molecule has 0 aliphatic carbocycles. The van der Waals surface area contributed by atoms with Gasteiger partial charge in [-0.1, -0.05) is 65.3 Å². The summed E-state index contributed by atoms with van der Waals surface area (Å²) in [6, 6.07) is 38.3. The largest absolute Gasteiger partial charge is 0.497 e. The molecule has 25 heteroatoms. The maximum Gasteiger partial charge on any atom is 0.416 e. The number of hydrogen-bond acceptors (Lipinski definition) is 11. The third-order valence-corrected chi connectivity index (χ3v) is 16.8. The summed E-state index contributed by atoms with van der Waals surface area (Å²) in [4.78, 5) is 62.9. The predicted octanol–water partition coefficient (Wildman–Crippen LogP) is 13.2. The predicted molar refractivity (Wildman–Crippen MR) is 333 cm³/mol. The van der Waals surface area contributed by atoms with Gasteiger partial charge < -0.3 is 34.3 Å². The molecule has 3 aromatic heterocycles. The van der Waals surface area contributed by atoms with Crippen molar-refractivity contribution >= 4 is 63.9 Å². The standard InChI is InChI=1S/C66H59Cl2F6N9O7S/c1-88-52-19-14-44(15-20-52)59-60(45-16-21-53(89-2)22-17-45)82(62(77-59)47-31-48(65(69,70)71)33-49(32-47)66(72,73)74)37-43-10-12-46(13-11-43)63(86)76-36-42-25-28-80(29-26-42)58(85)39-81-38-50(78-79-81)40-90-55-23-18-51(34-54(55)68)83(57(84)35-67)61(56-9-6-30-91-56)64(87)75-27-24-41-7-4-3-5-8-41/h3-23,30-34,38,42,61H,24-29,35-37,39-40H2,1-2H3,(H,75,87)(H,76,86). The highest BCUT2D eigenvalue weighted by molar-refractivity contribution is 7.10. The number of anilines is 1. The lowest BCUT2D eigenvalue weighted by molar-refractivity contribution is -0.143. The number of hydrogen-bond donors (Lipinski definition) is 2. The molecule has 472 valence electrons. The van der Waals surface area contributed by atoms with Gasteiger partial charge in [0, 0.05) is 65.5 Å². The molecule has 1 aliphatic heterocycles. The molecule has 9 aromatic rings. The van der Waals surface area contributed by atoms with Crippen molar-refractivity contribution in [2.24, 2.45) is 5.92 Å². The SMILES string of the molecule is COc1ccc(-c2nc(-c3cc(C(F)(F)F)cc(C(F)(F)F)c3)n(Cc3ccc(C(=O)NCC4CCN(C(=O)Cn5cc(COc6ccc(N(C(=O)CCl)C(C(=O)NCCc7ccccc7)c7cccs7)cc6Cl)nn5)CC4)cc3)c2-c2ccc(OC)cc2)cc1. The van der Waals surface area contributed by atoms with Gasteiger partial charge in [-0.15, -0.1) is 28.0 Å². The number of likely N-dealkylation sites (tertiary alicyclic amines) is 1. The second kappa shape index (κ2) is 28.7. The number of halogens is 8. The molecule has 4 amide bonds. The monoisotopic (exact) mass is 1310 g/mol. The minimum Gasteiger partial charge on any atom is -0.497 e. The first-order valence-electron chi connectivity index (χ1n) is 28.7. The van der Waals surface area contributed by atoms with Crippen LogP contribution in [-0.2, 0) is 52.9 Å². The van der Waals surface area contributed by atoms with Crippen LogP contribution in [0.2, 0.25) is 5.02 Å². The van der Waals surface area contributed by atoms with E-state index in [9.17, 15) is 45.5 Å². The summed E-state index contributed by atoms with van der Waals surface area (Å²) in [6.45, 7) is 1.29. The van der Waals surface area contributed by atoms with Gasteiger partial charge >= 0.3 is 12.4 Å². The van der Waals surface area contributed by atoms with Gasteiger partial charge in [-0.3, -0.25) is 24.1 Å². The van der Waals surface area contributed by atoms with Crippen LogP contribution in [0.3, 0.4) is 0 Å². The van der Waals surface area contributed by atoms with E-state index in [4.69, 9.17) is 42.4 Å². The van der Waals surface area contributed by atoms with Crippen LogP contribution in [0.1, 0.15) is 62.1 Å². The van der Waals surface area contributed by atoms with Gasteiger partial charge in [0.05, 0.1) is 48.0 Å². The van der Waals surface area contributed by atoms with Crippen LogP contribution in [0.5, 0.6) is 17.2 Å². The number of carbonyl (C=O) groups is 4. The molecule has 1 saturated heterocycles. The highest BCUT2D eigenvalue weighted by atomic mass is 35.5. The molecule has 1 atom stereocenters. The van der Waals surface area contributed by atoms with E-state index in [1.807, 2.05) is 35.7 Å². The highest BCUT2D eigenvalue weighted by Gasteiger charge is 2.39. The Morgan fingerprint density at radius 1 is 0.747 bits per heavy atom. The number of rotatable bonds is 23. The van der Waals surface area contributed by atoms with Crippen LogP contribution >= 0.6 is 34.5 Å². The number of thiophene rings is 1. The van der Waals surface area contributed by atoms with E-state index >= 15 is 0 Å². The molecule has 16 nitrogen and oxygen atoms in total. The lowest BCUT2D eigenvalue weighted by atomic mass is 9.96. The summed E-state index contributed by atoms with van der Waals surface area (Å²) < 4.78 is 106. The number of amides is 4. The minimum absolute atomic E-state index is 0.0499. The topological polar surface area (TPSA) is 175 Å². The Labute approximate surface area is 533 Å². The zero-order valence-corrected chi connectivity index (χ0v) is 51.3. The van der Waals surface area contributed by atoms with E-state index in [1.165, 1.54) is 41.2 Å². The smallest absolute Gasteiger partial charge is 0.416 e. The summed E-state index contributed by atoms with van der Waals surface area (Å²) >= 11 is 14.2. The van der Waals surface area contributed by atoms with Gasteiger partial charge in [0.15, 0.2) is 0 Å². The first-order valence-corrected chi connectivity index (χ1v) is 30.4. The fourth-order valence-electron chi connectivity index (χ4n) is 10.6. The van der Waals surface area contributed by atoms with Crippen LogP contribution in [0.4, 0.5) is 32.0 Å². The maximum atomic E-state index is 14.3. The average molecular weight is 1310 g/mol. The lowest BCUT2D eigenvalue weighted by Crippen LogP contribution is -2.44. The number of imidazole rings is 1. The molecule has 10 rings (SSSR count). The number of nitrogens with one attached hydrogen (secondary N) is 2. The van der Waals surface area contributed by atoms with Crippen LogP contribution < -0.4 is 29.7 Å². The van der Waals surface area contributed by atoms with Crippen LogP contribution in [0.15, 0.2) is 163 Å². The Hall–Kier alpha value is -9.19. The van der Waals surface area contributed by atoms with E-state index in [2.05, 4.69) is 20.9 Å². The number of methoxy groups -OCH3 is 2. The Morgan fingerprint density at radius 2 is 1.41 bits per heavy atom. The van der Waals surface area contributed by atoms with E-state index in [0.717, 1.165) is 5.56 Å². The van der Waals surface area contributed by atoms with Crippen molar-refractivity contribution in [3.8, 4) is 51.2 Å². The number of ether oxygens (including phenoxy) is 3. The fourth-order valence-corrected chi connectivity index (χ4v) is 11.8. The van der Waals surface area contributed by atoms with Gasteiger partial charge in [0.25, 0.3) is 5.91 Å². The van der Waals surface area contributed by atoms with Crippen LogP contribution in [0.25, 0.3) is 33.9 Å². The van der Waals surface area contributed by atoms with Gasteiger partial charge in [-0.25, -0.2) is 9.67 Å². The Balaban J connectivity index is 0.750. The third-order valence-electron chi connectivity index (χ3n) is 15.3. The van der Waals surface area contributed by atoms with E-state index < -0.39 is 46.9 Å². The molecule has 6 aromatic carbocycles. The van der Waals surface area contributed by atoms with Crippen molar-refractivity contribution in [3.63, 3.8) is 0 Å². The summed E-state index contributed by atoms with van der Waals surface area (Å²) in [5.74, 6) is -0.695. The van der Waals surface area contributed by atoms with Crippen molar-refractivity contribution in [2.45, 2.75) is 57.4 Å². The molecule has 2 N–H and O–H groups in total. The fraction of sp³-hybridized carbons (Fsp3) is 0.258. The Kier molecular flexibility index (Phi) is 20.5. The second-order valence-electron chi connectivity index (χ2n) is 21.4. The normalized spacial score (nSPS) is 13.1. The first-order chi connectivity index (χ1) is 43.8. The third kappa shape index (κ3) is 15.9. The zero-order valence-electron chi connectivity index (χ0n) is 48.9. The average Bonchev–Trinajstić information content (AvgIpc) is 1.70. The quantitative estimate of drug-likeness (QED) is 0.0463. The molecule has 0 saturated carbocycles. The number of alkyl halides is 7. The number of aromatic nitrogens is 5. The van der Waals surface area contributed by atoms with Crippen molar-refractivity contribution < 1.29 is 59.7 Å². The van der Waals surface area contributed by atoms with Gasteiger partial charge in [0.1, 0.15) is 53.8 Å². The van der Waals surface area contributed by atoms with Crippen molar-refractivity contribution in [1.29, 1.82) is 0 Å². The lowest BCUT2D eigenvalue weighted by Gasteiger charge is -2.32. The highest BCUT2D eigenvalue weighted by Crippen LogP contribution is 2.43. The van der Waals surface area contributed by atoms with Crippen LogP contribution in [0, 0.1) is 5.92 Å². The summed E-state index contributed by atoms with van der Waals surface area (Å²) in [5.41, 5.74) is 0.921. The summed E-state index contributed by atoms with van der Waals surface area (Å²) in [5, 5.41) is 16.2. The minimum atomic E-state index is -5.12. The molecule has 1 fully saturated rings. The first kappa shape index (κ1) is 64.8. The molecule has 91 heavy (non-hydrogen) atoms. The maximum absolute atomic E-state index is 14.3. The molecular formula is C66H59Cl2F6N9O7S. The van der Waals surface area contributed by atoms with Gasteiger partial charge in [-0.05, 0) is 145 Å². The summed E-state index contributed by atoms with van der Waals surface area (Å²) in [6.07, 6.45) is -6.85. The number of piperidine rings is 1. The molecule has 1 aliphatic rings. The molecule has 0 bridgehead atoms. The summed E-state index contributed by atoms with van der Waals surface area (Å²) in [7, 11) is 2.96. The van der Waals surface area contributed by atoms with Crippen molar-refractivity contribution in [3.05, 3.63) is 207 Å². The number of carbonyl (C=O) groups excluding carboxylic acids is 4. The zero-order chi connectivity index (χ0) is 64.4. The van der Waals surface area contributed by atoms with E-state index in [-0.39, 0.29) is 71.7 Å². The Bertz CT molecular complexity index is 3960. The molecule has 4 heterocycles. The van der Waals surface area contributed by atoms with E-state index in [0.29, 0.717) is 113 Å². The van der Waals surface area contributed by atoms with Crippen LogP contribution in [-0.4, -0.2) is 99.4 Å². The Morgan fingerprint density at radius 3 is 2.01 bits per heavy atom. The van der Waals surface area contributed by atoms with Crippen molar-refractivity contribution in [2.75, 3.05) is 51.2 Å². The molecular weight excluding hydrogens is 1250 g/mol. The van der Waals surface area contributed by atoms with Gasteiger partial charge in [-0.2, -0.15) is 26.3 Å². The number of benzene rings is 6. The molecule has 0 spiro atoms. The number of nitrogens with zero attached hydrogens (tertiary/aromatic N) is 7. The molecule has 0 radical (unpaired) electrons. The molecule has 1 unspecified atom stereocenters. The van der Waals surface area contributed by atoms with E-state index in [1.54, 1.807) is 113 Å².